The van der Waals surface area contributed by atoms with Crippen molar-refractivity contribution in [3.05, 3.63) is 52.0 Å². The van der Waals surface area contributed by atoms with Gasteiger partial charge in [-0.2, -0.15) is 0 Å². The molecule has 1 atom stereocenters. The Balaban J connectivity index is 2.08. The number of rotatable bonds is 5. The minimum Gasteiger partial charge on any atom is -0.292 e. The van der Waals surface area contributed by atoms with Crippen molar-refractivity contribution in [2.24, 2.45) is 0 Å². The van der Waals surface area contributed by atoms with Gasteiger partial charge in [-0.25, -0.2) is 4.39 Å². The molecule has 0 N–H and O–H groups in total. The van der Waals surface area contributed by atoms with E-state index in [9.17, 15) is 13.4 Å². The maximum Gasteiger partial charge on any atom is 0.185 e. The zero-order valence-corrected chi connectivity index (χ0v) is 12.0. The van der Waals surface area contributed by atoms with Gasteiger partial charge in [0, 0.05) is 9.77 Å². The SMILES string of the molecule is CCc1ccc(C(=O)CS(=O)c2cccc(F)c2)s1. The largest absolute Gasteiger partial charge is 0.292 e. The first-order valence-electron chi connectivity index (χ1n) is 5.86. The van der Waals surface area contributed by atoms with Gasteiger partial charge in [-0.15, -0.1) is 11.3 Å². The maximum atomic E-state index is 13.0. The predicted octanol–water partition coefficient (Wildman–Crippen LogP) is 3.44. The first kappa shape index (κ1) is 14.1. The van der Waals surface area contributed by atoms with Gasteiger partial charge in [0.1, 0.15) is 5.82 Å². The van der Waals surface area contributed by atoms with Crippen LogP contribution in [0.25, 0.3) is 0 Å². The highest BCUT2D eigenvalue weighted by Gasteiger charge is 2.14. The van der Waals surface area contributed by atoms with E-state index < -0.39 is 16.6 Å². The zero-order valence-electron chi connectivity index (χ0n) is 10.4. The third-order valence-electron chi connectivity index (χ3n) is 2.61. The molecule has 0 fully saturated rings. The van der Waals surface area contributed by atoms with Crippen LogP contribution in [-0.4, -0.2) is 15.7 Å². The Hall–Kier alpha value is -1.33. The first-order chi connectivity index (χ1) is 9.10. The lowest BCUT2D eigenvalue weighted by Gasteiger charge is -2.01. The summed E-state index contributed by atoms with van der Waals surface area (Å²) in [4.78, 5) is 14.1. The Labute approximate surface area is 117 Å². The average Bonchev–Trinajstić information content (AvgIpc) is 2.87. The summed E-state index contributed by atoms with van der Waals surface area (Å²) < 4.78 is 25.0. The summed E-state index contributed by atoms with van der Waals surface area (Å²) in [6, 6.07) is 9.22. The molecule has 0 bridgehead atoms. The number of halogens is 1. The van der Waals surface area contributed by atoms with Crippen LogP contribution >= 0.6 is 11.3 Å². The molecule has 1 heterocycles. The summed E-state index contributed by atoms with van der Waals surface area (Å²) in [5.74, 6) is -0.706. The molecule has 1 unspecified atom stereocenters. The molecule has 5 heteroatoms. The molecule has 0 saturated heterocycles. The number of Topliss-reactive ketones (excluding diaryl/α,β-unsaturated/α-hetero) is 1. The number of carbonyl (C=O) groups excluding carboxylic acids is 1. The van der Waals surface area contributed by atoms with Crippen LogP contribution < -0.4 is 0 Å². The fourth-order valence-corrected chi connectivity index (χ4v) is 3.61. The van der Waals surface area contributed by atoms with Gasteiger partial charge in [0.05, 0.1) is 21.4 Å². The lowest BCUT2D eigenvalue weighted by Crippen LogP contribution is -2.09. The van der Waals surface area contributed by atoms with Crippen molar-refractivity contribution in [1.82, 2.24) is 0 Å². The van der Waals surface area contributed by atoms with Crippen LogP contribution in [0.4, 0.5) is 4.39 Å². The Morgan fingerprint density at radius 3 is 2.74 bits per heavy atom. The van der Waals surface area contributed by atoms with Crippen molar-refractivity contribution in [3.8, 4) is 0 Å². The van der Waals surface area contributed by atoms with Gasteiger partial charge in [-0.3, -0.25) is 9.00 Å². The van der Waals surface area contributed by atoms with Gasteiger partial charge in [0.2, 0.25) is 0 Å². The van der Waals surface area contributed by atoms with Crippen molar-refractivity contribution < 1.29 is 13.4 Å². The molecule has 2 rings (SSSR count). The number of hydrogen-bond acceptors (Lipinski definition) is 3. The quantitative estimate of drug-likeness (QED) is 0.792. The van der Waals surface area contributed by atoms with E-state index >= 15 is 0 Å². The average molecular weight is 296 g/mol. The normalized spacial score (nSPS) is 12.3. The van der Waals surface area contributed by atoms with Crippen LogP contribution in [0, 0.1) is 5.82 Å². The summed E-state index contributed by atoms with van der Waals surface area (Å²) in [6.45, 7) is 2.02. The minimum absolute atomic E-state index is 0.104. The predicted molar refractivity (Wildman–Crippen MR) is 75.7 cm³/mol. The van der Waals surface area contributed by atoms with E-state index in [1.165, 1.54) is 29.5 Å². The van der Waals surface area contributed by atoms with Crippen molar-refractivity contribution >= 4 is 27.9 Å². The Kier molecular flexibility index (Phi) is 4.61. The number of ketones is 1. The molecule has 1 aromatic carbocycles. The smallest absolute Gasteiger partial charge is 0.185 e. The minimum atomic E-state index is -1.50. The molecule has 0 aliphatic heterocycles. The zero-order chi connectivity index (χ0) is 13.8. The summed E-state index contributed by atoms with van der Waals surface area (Å²) in [6.07, 6.45) is 0.880. The molecule has 19 heavy (non-hydrogen) atoms. The second-order valence-corrected chi connectivity index (χ2v) is 6.61. The lowest BCUT2D eigenvalue weighted by atomic mass is 10.3. The van der Waals surface area contributed by atoms with Crippen molar-refractivity contribution in [3.63, 3.8) is 0 Å². The summed E-state index contributed by atoms with van der Waals surface area (Å²) in [5.41, 5.74) is 0. The highest BCUT2D eigenvalue weighted by atomic mass is 32.2. The van der Waals surface area contributed by atoms with Crippen molar-refractivity contribution in [2.75, 3.05) is 5.75 Å². The third-order valence-corrected chi connectivity index (χ3v) is 5.18. The van der Waals surface area contributed by atoms with Crippen LogP contribution in [-0.2, 0) is 17.2 Å². The van der Waals surface area contributed by atoms with E-state index in [0.717, 1.165) is 11.3 Å². The molecular weight excluding hydrogens is 283 g/mol. The molecule has 0 amide bonds. The molecule has 0 radical (unpaired) electrons. The molecule has 1 aromatic heterocycles. The summed E-state index contributed by atoms with van der Waals surface area (Å²) in [5, 5.41) is 0. The number of hydrogen-bond donors (Lipinski definition) is 0. The number of carbonyl (C=O) groups is 1. The van der Waals surface area contributed by atoms with Crippen LogP contribution in [0.2, 0.25) is 0 Å². The molecule has 0 saturated carbocycles. The van der Waals surface area contributed by atoms with E-state index in [4.69, 9.17) is 0 Å². The molecule has 2 nitrogen and oxygen atoms in total. The van der Waals surface area contributed by atoms with E-state index in [2.05, 4.69) is 0 Å². The standard InChI is InChI=1S/C14H13FO2S2/c1-2-11-6-7-14(18-11)13(16)9-19(17)12-5-3-4-10(15)8-12/h3-8H,2,9H2,1H3. The van der Waals surface area contributed by atoms with Gasteiger partial charge in [-0.05, 0) is 36.8 Å². The Morgan fingerprint density at radius 2 is 2.11 bits per heavy atom. The molecule has 2 aromatic rings. The topological polar surface area (TPSA) is 34.1 Å². The van der Waals surface area contributed by atoms with Gasteiger partial charge in [0.15, 0.2) is 5.78 Å². The summed E-state index contributed by atoms with van der Waals surface area (Å²) >= 11 is 1.42. The molecule has 0 aliphatic rings. The van der Waals surface area contributed by atoms with Crippen LogP contribution in [0.1, 0.15) is 21.5 Å². The highest BCUT2D eigenvalue weighted by Crippen LogP contribution is 2.19. The lowest BCUT2D eigenvalue weighted by molar-refractivity contribution is 0.102. The maximum absolute atomic E-state index is 13.0. The molecule has 0 aliphatic carbocycles. The van der Waals surface area contributed by atoms with E-state index in [-0.39, 0.29) is 11.5 Å². The van der Waals surface area contributed by atoms with Crippen molar-refractivity contribution in [1.29, 1.82) is 0 Å². The number of aryl methyl sites for hydroxylation is 1. The fraction of sp³-hybridized carbons (Fsp3) is 0.214. The van der Waals surface area contributed by atoms with Gasteiger partial charge < -0.3 is 0 Å². The van der Waals surface area contributed by atoms with E-state index in [1.807, 2.05) is 13.0 Å². The van der Waals surface area contributed by atoms with Gasteiger partial charge in [0.25, 0.3) is 0 Å². The highest BCUT2D eigenvalue weighted by molar-refractivity contribution is 7.85. The second-order valence-electron chi connectivity index (χ2n) is 3.99. The van der Waals surface area contributed by atoms with Gasteiger partial charge >= 0.3 is 0 Å². The Bertz CT molecular complexity index is 619. The van der Waals surface area contributed by atoms with Crippen molar-refractivity contribution in [2.45, 2.75) is 18.2 Å². The number of thiophene rings is 1. The molecule has 100 valence electrons. The van der Waals surface area contributed by atoms with Crippen LogP contribution in [0.5, 0.6) is 0 Å². The molecule has 0 spiro atoms. The van der Waals surface area contributed by atoms with Gasteiger partial charge in [-0.1, -0.05) is 13.0 Å². The van der Waals surface area contributed by atoms with E-state index in [1.54, 1.807) is 12.1 Å². The third kappa shape index (κ3) is 3.58. The first-order valence-corrected chi connectivity index (χ1v) is 7.99. The second kappa shape index (κ2) is 6.21. The Morgan fingerprint density at radius 1 is 1.32 bits per heavy atom. The summed E-state index contributed by atoms with van der Waals surface area (Å²) in [7, 11) is -1.50. The van der Waals surface area contributed by atoms with Crippen LogP contribution in [0.15, 0.2) is 41.3 Å². The van der Waals surface area contributed by atoms with E-state index in [0.29, 0.717) is 9.77 Å². The monoisotopic (exact) mass is 296 g/mol. The number of benzene rings is 1. The molecular formula is C14H13FO2S2. The van der Waals surface area contributed by atoms with Crippen LogP contribution in [0.3, 0.4) is 0 Å². The fourth-order valence-electron chi connectivity index (χ4n) is 1.60.